The number of ether oxygens (including phenoxy) is 1. The monoisotopic (exact) mass is 313 g/mol. The average molecular weight is 314 g/mol. The number of aromatic nitrogens is 1. The molecule has 0 atom stereocenters. The predicted molar refractivity (Wildman–Crippen MR) is 71.2 cm³/mol. The van der Waals surface area contributed by atoms with Gasteiger partial charge in [-0.05, 0) is 30.7 Å². The molecule has 90 valence electrons. The normalized spacial score (nSPS) is 10.5. The van der Waals surface area contributed by atoms with Gasteiger partial charge in [-0.2, -0.15) is 0 Å². The van der Waals surface area contributed by atoms with Crippen molar-refractivity contribution in [2.45, 2.75) is 20.1 Å². The first-order valence-corrected chi connectivity index (χ1v) is 6.73. The lowest BCUT2D eigenvalue weighted by Crippen LogP contribution is -1.94. The Morgan fingerprint density at radius 2 is 2.29 bits per heavy atom. The third-order valence-corrected chi connectivity index (χ3v) is 3.90. The summed E-state index contributed by atoms with van der Waals surface area (Å²) in [5.74, 6) is 0.753. The molecule has 0 aliphatic carbocycles. The van der Waals surface area contributed by atoms with Crippen LogP contribution in [0.5, 0.6) is 5.75 Å². The Morgan fingerprint density at radius 3 is 2.94 bits per heavy atom. The molecule has 0 saturated heterocycles. The fraction of sp³-hybridized carbons (Fsp3) is 0.250. The lowest BCUT2D eigenvalue weighted by Gasteiger charge is -2.07. The highest BCUT2D eigenvalue weighted by molar-refractivity contribution is 9.10. The topological polar surface area (TPSA) is 42.4 Å². The van der Waals surface area contributed by atoms with Gasteiger partial charge >= 0.3 is 0 Å². The van der Waals surface area contributed by atoms with Gasteiger partial charge in [0, 0.05) is 10.7 Å². The SMILES string of the molecule is Cc1ncc(COc2ccc(Br)c(CO)c2)s1. The molecule has 0 aliphatic heterocycles. The van der Waals surface area contributed by atoms with E-state index in [1.165, 1.54) is 0 Å². The van der Waals surface area contributed by atoms with Gasteiger partial charge in [0.2, 0.25) is 0 Å². The summed E-state index contributed by atoms with van der Waals surface area (Å²) in [7, 11) is 0. The van der Waals surface area contributed by atoms with E-state index >= 15 is 0 Å². The lowest BCUT2D eigenvalue weighted by molar-refractivity contribution is 0.277. The molecule has 0 fully saturated rings. The number of aliphatic hydroxyl groups is 1. The Bertz CT molecular complexity index is 513. The number of nitrogens with zero attached hydrogens (tertiary/aromatic N) is 1. The molecule has 0 unspecified atom stereocenters. The molecule has 5 heteroatoms. The van der Waals surface area contributed by atoms with Gasteiger partial charge in [0.1, 0.15) is 12.4 Å². The lowest BCUT2D eigenvalue weighted by atomic mass is 10.2. The van der Waals surface area contributed by atoms with Gasteiger partial charge < -0.3 is 9.84 Å². The number of hydrogen-bond acceptors (Lipinski definition) is 4. The Kier molecular flexibility index (Phi) is 4.15. The Morgan fingerprint density at radius 1 is 1.47 bits per heavy atom. The third kappa shape index (κ3) is 3.28. The molecule has 0 saturated carbocycles. The van der Waals surface area contributed by atoms with Gasteiger partial charge in [0.05, 0.1) is 16.5 Å². The number of aliphatic hydroxyl groups excluding tert-OH is 1. The molecule has 0 amide bonds. The van der Waals surface area contributed by atoms with Gasteiger partial charge in [-0.3, -0.25) is 0 Å². The van der Waals surface area contributed by atoms with Crippen LogP contribution in [0.25, 0.3) is 0 Å². The highest BCUT2D eigenvalue weighted by Gasteiger charge is 2.03. The smallest absolute Gasteiger partial charge is 0.124 e. The molecule has 1 N–H and O–H groups in total. The molecule has 0 radical (unpaired) electrons. The Balaban J connectivity index is 2.04. The van der Waals surface area contributed by atoms with E-state index in [9.17, 15) is 0 Å². The van der Waals surface area contributed by atoms with Crippen molar-refractivity contribution in [2.24, 2.45) is 0 Å². The van der Waals surface area contributed by atoms with Gasteiger partial charge in [-0.1, -0.05) is 15.9 Å². The van der Waals surface area contributed by atoms with Crippen molar-refractivity contribution in [3.05, 3.63) is 44.3 Å². The highest BCUT2D eigenvalue weighted by Crippen LogP contribution is 2.23. The maximum Gasteiger partial charge on any atom is 0.124 e. The molecule has 2 rings (SSSR count). The van der Waals surface area contributed by atoms with Crippen LogP contribution in [0.3, 0.4) is 0 Å². The van der Waals surface area contributed by atoms with Gasteiger partial charge in [0.25, 0.3) is 0 Å². The van der Waals surface area contributed by atoms with Crippen LogP contribution in [0.1, 0.15) is 15.4 Å². The van der Waals surface area contributed by atoms with Crippen molar-refractivity contribution in [2.75, 3.05) is 0 Å². The van der Waals surface area contributed by atoms with Gasteiger partial charge in [-0.25, -0.2) is 4.98 Å². The molecule has 1 aromatic heterocycles. The zero-order valence-corrected chi connectivity index (χ0v) is 11.7. The fourth-order valence-corrected chi connectivity index (χ4v) is 2.47. The van der Waals surface area contributed by atoms with Crippen molar-refractivity contribution >= 4 is 27.3 Å². The summed E-state index contributed by atoms with van der Waals surface area (Å²) in [5.41, 5.74) is 0.822. The quantitative estimate of drug-likeness (QED) is 0.942. The maximum absolute atomic E-state index is 9.14. The number of thiazole rings is 1. The van der Waals surface area contributed by atoms with E-state index in [2.05, 4.69) is 20.9 Å². The van der Waals surface area contributed by atoms with Crippen LogP contribution in [-0.4, -0.2) is 10.1 Å². The molecule has 3 nitrogen and oxygen atoms in total. The van der Waals surface area contributed by atoms with Crippen LogP contribution in [0, 0.1) is 6.92 Å². The summed E-state index contributed by atoms with van der Waals surface area (Å²) in [5, 5.41) is 10.2. The van der Waals surface area contributed by atoms with Crippen molar-refractivity contribution < 1.29 is 9.84 Å². The third-order valence-electron chi connectivity index (χ3n) is 2.24. The summed E-state index contributed by atoms with van der Waals surface area (Å²) < 4.78 is 6.53. The number of hydrogen-bond donors (Lipinski definition) is 1. The predicted octanol–water partition coefficient (Wildman–Crippen LogP) is 3.29. The Labute approximate surface area is 112 Å². The molecule has 2 aromatic rings. The number of rotatable bonds is 4. The van der Waals surface area contributed by atoms with Crippen molar-refractivity contribution in [1.29, 1.82) is 0 Å². The van der Waals surface area contributed by atoms with Crippen LogP contribution in [0.15, 0.2) is 28.9 Å². The molecule has 0 spiro atoms. The standard InChI is InChI=1S/C12H12BrNO2S/c1-8-14-5-11(17-8)7-16-10-2-3-12(13)9(4-10)6-15/h2-5,15H,6-7H2,1H3. The minimum absolute atomic E-state index is 0.00253. The van der Waals surface area contributed by atoms with E-state index in [0.717, 1.165) is 25.7 Å². The van der Waals surface area contributed by atoms with E-state index in [1.807, 2.05) is 31.3 Å². The largest absolute Gasteiger partial charge is 0.488 e. The van der Waals surface area contributed by atoms with Crippen molar-refractivity contribution in [1.82, 2.24) is 4.98 Å². The summed E-state index contributed by atoms with van der Waals surface area (Å²) in [4.78, 5) is 5.26. The highest BCUT2D eigenvalue weighted by atomic mass is 79.9. The molecular weight excluding hydrogens is 302 g/mol. The van der Waals surface area contributed by atoms with E-state index in [0.29, 0.717) is 6.61 Å². The second-order valence-corrected chi connectivity index (χ2v) is 5.72. The van der Waals surface area contributed by atoms with Crippen molar-refractivity contribution in [3.8, 4) is 5.75 Å². The first-order chi connectivity index (χ1) is 8.19. The molecule has 17 heavy (non-hydrogen) atoms. The van der Waals surface area contributed by atoms with Gasteiger partial charge in [0.15, 0.2) is 0 Å². The average Bonchev–Trinajstić information content (AvgIpc) is 2.74. The van der Waals surface area contributed by atoms with E-state index in [4.69, 9.17) is 9.84 Å². The number of halogens is 1. The molecule has 1 aromatic carbocycles. The first kappa shape index (κ1) is 12.5. The first-order valence-electron chi connectivity index (χ1n) is 5.12. The minimum atomic E-state index is -0.00253. The fourth-order valence-electron chi connectivity index (χ4n) is 1.39. The van der Waals surface area contributed by atoms with E-state index < -0.39 is 0 Å². The minimum Gasteiger partial charge on any atom is -0.488 e. The summed E-state index contributed by atoms with van der Waals surface area (Å²) in [6.45, 7) is 2.48. The number of benzene rings is 1. The van der Waals surface area contributed by atoms with Crippen LogP contribution in [0.4, 0.5) is 0 Å². The summed E-state index contributed by atoms with van der Waals surface area (Å²) in [6.07, 6.45) is 1.83. The van der Waals surface area contributed by atoms with Crippen molar-refractivity contribution in [3.63, 3.8) is 0 Å². The summed E-state index contributed by atoms with van der Waals surface area (Å²) in [6, 6.07) is 5.58. The maximum atomic E-state index is 9.14. The van der Waals surface area contributed by atoms with Crippen LogP contribution < -0.4 is 4.74 Å². The molecule has 1 heterocycles. The molecule has 0 aliphatic rings. The Hall–Kier alpha value is -0.910. The van der Waals surface area contributed by atoms with E-state index in [1.54, 1.807) is 11.3 Å². The second kappa shape index (κ2) is 5.62. The second-order valence-electron chi connectivity index (χ2n) is 3.55. The summed E-state index contributed by atoms with van der Waals surface area (Å²) >= 11 is 4.99. The molecular formula is C12H12BrNO2S. The van der Waals surface area contributed by atoms with Crippen LogP contribution in [0.2, 0.25) is 0 Å². The number of aryl methyl sites for hydroxylation is 1. The zero-order valence-electron chi connectivity index (χ0n) is 9.31. The zero-order chi connectivity index (χ0) is 12.3. The van der Waals surface area contributed by atoms with Gasteiger partial charge in [-0.15, -0.1) is 11.3 Å². The van der Waals surface area contributed by atoms with E-state index in [-0.39, 0.29) is 6.61 Å². The van der Waals surface area contributed by atoms with Crippen LogP contribution in [-0.2, 0) is 13.2 Å². The van der Waals surface area contributed by atoms with Crippen LogP contribution >= 0.6 is 27.3 Å². The molecule has 0 bridgehead atoms.